The smallest absolute Gasteiger partial charge is 0.126 e. The number of anilines is 1. The van der Waals surface area contributed by atoms with E-state index in [1.165, 1.54) is 0 Å². The van der Waals surface area contributed by atoms with Crippen LogP contribution in [0.15, 0.2) is 48.5 Å². The van der Waals surface area contributed by atoms with Gasteiger partial charge in [0.2, 0.25) is 0 Å². The van der Waals surface area contributed by atoms with Gasteiger partial charge in [-0.2, -0.15) is 5.26 Å². The molecule has 0 aliphatic rings. The van der Waals surface area contributed by atoms with Crippen LogP contribution in [-0.4, -0.2) is 12.6 Å². The van der Waals surface area contributed by atoms with E-state index >= 15 is 0 Å². The highest BCUT2D eigenvalue weighted by Crippen LogP contribution is 2.22. The van der Waals surface area contributed by atoms with Crippen molar-refractivity contribution < 1.29 is 4.74 Å². The molecule has 0 bridgehead atoms. The molecule has 1 atom stereocenters. The number of halogens is 1. The Morgan fingerprint density at radius 1 is 1.14 bits per heavy atom. The van der Waals surface area contributed by atoms with E-state index in [1.54, 1.807) is 19.2 Å². The molecule has 0 amide bonds. The summed E-state index contributed by atoms with van der Waals surface area (Å²) in [6, 6.07) is 17.4. The lowest BCUT2D eigenvalue weighted by Gasteiger charge is -2.24. The molecule has 0 radical (unpaired) electrons. The minimum absolute atomic E-state index is 0.593. The fourth-order valence-electron chi connectivity index (χ4n) is 2.12. The van der Waals surface area contributed by atoms with Gasteiger partial charge in [-0.1, -0.05) is 23.7 Å². The molecule has 0 aliphatic heterocycles. The summed E-state index contributed by atoms with van der Waals surface area (Å²) in [7, 11) is 1.64. The maximum atomic E-state index is 9.50. The van der Waals surface area contributed by atoms with Gasteiger partial charge in [-0.3, -0.25) is 0 Å². The molecule has 1 N–H and O–H groups in total. The standard InChI is InChI=1S/C17H17ClN2O/c1-17(12-19,20-15-7-5-14(18)6-8-15)11-13-3-9-16(21-2)10-4-13/h3-10,20H,11H2,1-2H3. The second kappa shape index (κ2) is 6.51. The summed E-state index contributed by atoms with van der Waals surface area (Å²) in [6.07, 6.45) is 0.593. The van der Waals surface area contributed by atoms with Crippen molar-refractivity contribution in [3.05, 3.63) is 59.1 Å². The Morgan fingerprint density at radius 3 is 2.29 bits per heavy atom. The third-order valence-corrected chi connectivity index (χ3v) is 3.48. The van der Waals surface area contributed by atoms with E-state index in [0.29, 0.717) is 11.4 Å². The van der Waals surface area contributed by atoms with E-state index in [0.717, 1.165) is 17.0 Å². The van der Waals surface area contributed by atoms with Gasteiger partial charge in [-0.15, -0.1) is 0 Å². The molecule has 108 valence electrons. The second-order valence-electron chi connectivity index (χ2n) is 5.10. The zero-order valence-corrected chi connectivity index (χ0v) is 12.8. The lowest BCUT2D eigenvalue weighted by Crippen LogP contribution is -2.35. The number of ether oxygens (including phenoxy) is 1. The van der Waals surface area contributed by atoms with Gasteiger partial charge in [0.25, 0.3) is 0 Å². The van der Waals surface area contributed by atoms with Crippen molar-refractivity contribution in [2.75, 3.05) is 12.4 Å². The van der Waals surface area contributed by atoms with Crippen molar-refractivity contribution in [1.82, 2.24) is 0 Å². The largest absolute Gasteiger partial charge is 0.497 e. The summed E-state index contributed by atoms with van der Waals surface area (Å²) in [6.45, 7) is 1.88. The number of hydrogen-bond acceptors (Lipinski definition) is 3. The minimum Gasteiger partial charge on any atom is -0.497 e. The molecule has 0 heterocycles. The monoisotopic (exact) mass is 300 g/mol. The summed E-state index contributed by atoms with van der Waals surface area (Å²) >= 11 is 5.87. The zero-order chi connectivity index (χ0) is 15.3. The quantitative estimate of drug-likeness (QED) is 0.896. The molecule has 0 aromatic heterocycles. The average molecular weight is 301 g/mol. The van der Waals surface area contributed by atoms with Crippen molar-refractivity contribution in [3.63, 3.8) is 0 Å². The molecular weight excluding hydrogens is 284 g/mol. The number of nitriles is 1. The zero-order valence-electron chi connectivity index (χ0n) is 12.1. The molecule has 4 heteroatoms. The van der Waals surface area contributed by atoms with Gasteiger partial charge < -0.3 is 10.1 Å². The highest BCUT2D eigenvalue weighted by molar-refractivity contribution is 6.30. The maximum Gasteiger partial charge on any atom is 0.126 e. The van der Waals surface area contributed by atoms with Gasteiger partial charge in [0, 0.05) is 17.1 Å². The summed E-state index contributed by atoms with van der Waals surface area (Å²) in [5.74, 6) is 0.808. The van der Waals surface area contributed by atoms with E-state index in [9.17, 15) is 5.26 Å². The number of hydrogen-bond donors (Lipinski definition) is 1. The Morgan fingerprint density at radius 2 is 1.76 bits per heavy atom. The van der Waals surface area contributed by atoms with Crippen molar-refractivity contribution in [1.29, 1.82) is 5.26 Å². The Bertz CT molecular complexity index is 631. The second-order valence-corrected chi connectivity index (χ2v) is 5.54. The van der Waals surface area contributed by atoms with Gasteiger partial charge in [0.15, 0.2) is 0 Å². The fraction of sp³-hybridized carbons (Fsp3) is 0.235. The molecule has 0 fully saturated rings. The van der Waals surface area contributed by atoms with Crippen LogP contribution in [0.1, 0.15) is 12.5 Å². The van der Waals surface area contributed by atoms with Crippen LogP contribution in [0.3, 0.4) is 0 Å². The van der Waals surface area contributed by atoms with Crippen LogP contribution in [0.25, 0.3) is 0 Å². The van der Waals surface area contributed by atoms with E-state index < -0.39 is 5.54 Å². The first-order chi connectivity index (χ1) is 10.0. The lowest BCUT2D eigenvalue weighted by molar-refractivity contribution is 0.414. The minimum atomic E-state index is -0.692. The van der Waals surface area contributed by atoms with E-state index in [1.807, 2.05) is 43.3 Å². The molecule has 2 aromatic rings. The summed E-state index contributed by atoms with van der Waals surface area (Å²) < 4.78 is 5.14. The molecule has 21 heavy (non-hydrogen) atoms. The lowest BCUT2D eigenvalue weighted by atomic mass is 9.94. The third kappa shape index (κ3) is 4.14. The Hall–Kier alpha value is -2.18. The predicted octanol–water partition coefficient (Wildman–Crippen LogP) is 4.29. The van der Waals surface area contributed by atoms with Crippen molar-refractivity contribution in [2.45, 2.75) is 18.9 Å². The number of rotatable bonds is 5. The summed E-state index contributed by atoms with van der Waals surface area (Å²) in [4.78, 5) is 0. The first-order valence-electron chi connectivity index (χ1n) is 6.62. The fourth-order valence-corrected chi connectivity index (χ4v) is 2.24. The highest BCUT2D eigenvalue weighted by Gasteiger charge is 2.24. The Balaban J connectivity index is 2.13. The Kier molecular flexibility index (Phi) is 4.72. The van der Waals surface area contributed by atoms with Crippen molar-refractivity contribution >= 4 is 17.3 Å². The molecule has 0 aliphatic carbocycles. The van der Waals surface area contributed by atoms with Crippen LogP contribution in [0, 0.1) is 11.3 Å². The number of methoxy groups -OCH3 is 1. The maximum absolute atomic E-state index is 9.50. The van der Waals surface area contributed by atoms with E-state index in [-0.39, 0.29) is 0 Å². The van der Waals surface area contributed by atoms with Crippen LogP contribution in [0.4, 0.5) is 5.69 Å². The van der Waals surface area contributed by atoms with Gasteiger partial charge in [-0.25, -0.2) is 0 Å². The van der Waals surface area contributed by atoms with Gasteiger partial charge in [0.1, 0.15) is 11.3 Å². The molecular formula is C17H17ClN2O. The number of nitrogens with one attached hydrogen (secondary N) is 1. The first-order valence-corrected chi connectivity index (χ1v) is 7.00. The van der Waals surface area contributed by atoms with Crippen LogP contribution in [0.5, 0.6) is 5.75 Å². The molecule has 3 nitrogen and oxygen atoms in total. The van der Waals surface area contributed by atoms with Crippen molar-refractivity contribution in [2.24, 2.45) is 0 Å². The molecule has 0 saturated carbocycles. The van der Waals surface area contributed by atoms with Gasteiger partial charge >= 0.3 is 0 Å². The number of benzene rings is 2. The molecule has 1 unspecified atom stereocenters. The van der Waals surface area contributed by atoms with E-state index in [4.69, 9.17) is 16.3 Å². The average Bonchev–Trinajstić information content (AvgIpc) is 2.50. The van der Waals surface area contributed by atoms with Gasteiger partial charge in [0.05, 0.1) is 13.2 Å². The Labute approximate surface area is 130 Å². The van der Waals surface area contributed by atoms with Gasteiger partial charge in [-0.05, 0) is 48.9 Å². The topological polar surface area (TPSA) is 45.0 Å². The SMILES string of the molecule is COc1ccc(CC(C)(C#N)Nc2ccc(Cl)cc2)cc1. The third-order valence-electron chi connectivity index (χ3n) is 3.23. The summed E-state index contributed by atoms with van der Waals surface area (Å²) in [5, 5.41) is 13.4. The van der Waals surface area contributed by atoms with E-state index in [2.05, 4.69) is 11.4 Å². The molecule has 2 rings (SSSR count). The molecule has 0 saturated heterocycles. The van der Waals surface area contributed by atoms with Crippen LogP contribution >= 0.6 is 11.6 Å². The summed E-state index contributed by atoms with van der Waals surface area (Å²) in [5.41, 5.74) is 1.25. The van der Waals surface area contributed by atoms with Crippen LogP contribution in [-0.2, 0) is 6.42 Å². The molecule has 2 aromatic carbocycles. The normalized spacial score (nSPS) is 13.0. The first kappa shape index (κ1) is 15.2. The van der Waals surface area contributed by atoms with Crippen molar-refractivity contribution in [3.8, 4) is 11.8 Å². The number of nitrogens with zero attached hydrogens (tertiary/aromatic N) is 1. The van der Waals surface area contributed by atoms with Crippen LogP contribution < -0.4 is 10.1 Å². The van der Waals surface area contributed by atoms with Crippen LogP contribution in [0.2, 0.25) is 5.02 Å². The molecule has 0 spiro atoms. The predicted molar refractivity (Wildman–Crippen MR) is 85.8 cm³/mol. The highest BCUT2D eigenvalue weighted by atomic mass is 35.5.